The number of carbonyl (C=O) groups is 3. The molecule has 0 saturated heterocycles. The highest BCUT2D eigenvalue weighted by Crippen LogP contribution is 2.13. The average Bonchev–Trinajstić information content (AvgIpc) is 3.26. The molecule has 0 aliphatic heterocycles. The Morgan fingerprint density at radius 3 is 1.34 bits per heavy atom. The maximum atomic E-state index is 12.8. The highest BCUT2D eigenvalue weighted by Gasteiger charge is 2.31. The van der Waals surface area contributed by atoms with Crippen molar-refractivity contribution in [2.75, 3.05) is 41.0 Å². The zero-order valence-corrected chi connectivity index (χ0v) is 41.2. The summed E-state index contributed by atoms with van der Waals surface area (Å²) in [6, 6.07) is -0.632. The molecule has 2 atom stereocenters. The van der Waals surface area contributed by atoms with Crippen molar-refractivity contribution in [2.24, 2.45) is 0 Å². The number of hydrogen-bond donors (Lipinski definition) is 1. The van der Waals surface area contributed by atoms with Gasteiger partial charge in [-0.2, -0.15) is 0 Å². The lowest BCUT2D eigenvalue weighted by Gasteiger charge is -2.31. The third-order valence-electron chi connectivity index (χ3n) is 10.4. The van der Waals surface area contributed by atoms with Crippen molar-refractivity contribution in [3.8, 4) is 0 Å². The Balaban J connectivity index is 4.41. The van der Waals surface area contributed by atoms with Gasteiger partial charge in [0.15, 0.2) is 12.1 Å². The smallest absolute Gasteiger partial charge is 0.362 e. The van der Waals surface area contributed by atoms with Gasteiger partial charge in [-0.1, -0.05) is 168 Å². The van der Waals surface area contributed by atoms with Crippen molar-refractivity contribution in [1.82, 2.24) is 0 Å². The number of carbonyl (C=O) groups excluding carboxylic acids is 2. The molecule has 8 heteroatoms. The molecule has 362 valence electrons. The van der Waals surface area contributed by atoms with Crippen molar-refractivity contribution in [3.63, 3.8) is 0 Å². The first-order chi connectivity index (χ1) is 31.1. The predicted octanol–water partition coefficient (Wildman–Crippen LogP) is 14.4. The number of ether oxygens (including phenoxy) is 3. The van der Waals surface area contributed by atoms with E-state index in [0.717, 1.165) is 89.9 Å². The van der Waals surface area contributed by atoms with E-state index in [1.165, 1.54) is 44.9 Å². The van der Waals surface area contributed by atoms with Crippen LogP contribution < -0.4 is 0 Å². The van der Waals surface area contributed by atoms with Crippen LogP contribution in [0.2, 0.25) is 0 Å². The van der Waals surface area contributed by atoms with E-state index in [2.05, 4.69) is 123 Å². The molecule has 0 aromatic carbocycles. The Kier molecular flexibility index (Phi) is 42.7. The lowest BCUT2D eigenvalue weighted by atomic mass is 10.1. The first-order valence-corrected chi connectivity index (χ1v) is 24.9. The van der Waals surface area contributed by atoms with Crippen molar-refractivity contribution in [2.45, 2.75) is 187 Å². The van der Waals surface area contributed by atoms with Crippen molar-refractivity contribution in [1.29, 1.82) is 0 Å². The molecule has 0 aliphatic rings. The van der Waals surface area contributed by atoms with Gasteiger partial charge in [0.25, 0.3) is 0 Å². The van der Waals surface area contributed by atoms with Crippen LogP contribution in [0.5, 0.6) is 0 Å². The van der Waals surface area contributed by atoms with Crippen LogP contribution in [0.25, 0.3) is 0 Å². The number of carboxylic acid groups (broad SMARTS) is 1. The molecule has 64 heavy (non-hydrogen) atoms. The second-order valence-electron chi connectivity index (χ2n) is 17.3. The standard InChI is InChI=1S/C56H91NO7/c1-6-8-10-12-14-16-18-20-22-24-25-26-27-28-29-31-32-34-36-38-40-42-44-46-54(58)63-51-52(50-62-49-48-53(56(60)61)57(3,4)5)64-55(59)47-45-43-41-39-37-35-33-30-23-21-19-17-15-13-11-9-7-2/h8,10,14-17,20-23,25-26,28-29,32,34,38,40,52-53H,6-7,9,11-13,18-19,24,27,30-31,33,35-37,39,41-51H2,1-5H3/p+1/b10-8+,16-14+,17-15+,22-20+,23-21+,26-25+,29-28+,34-32+,40-38+. The number of likely N-dealkylation sites (N-methyl/N-ethyl adjacent to an activating group) is 1. The number of unbranched alkanes of at least 4 members (excludes halogenated alkanes) is 11. The minimum Gasteiger partial charge on any atom is -0.477 e. The fourth-order valence-electron chi connectivity index (χ4n) is 6.58. The molecule has 0 aromatic heterocycles. The lowest BCUT2D eigenvalue weighted by molar-refractivity contribution is -0.887. The Labute approximate surface area is 391 Å². The third-order valence-corrected chi connectivity index (χ3v) is 10.4. The van der Waals surface area contributed by atoms with Crippen LogP contribution in [0.3, 0.4) is 0 Å². The molecule has 0 bridgehead atoms. The van der Waals surface area contributed by atoms with Crippen molar-refractivity contribution < 1.29 is 38.2 Å². The molecule has 0 radical (unpaired) electrons. The summed E-state index contributed by atoms with van der Waals surface area (Å²) >= 11 is 0. The summed E-state index contributed by atoms with van der Waals surface area (Å²) in [5, 5.41) is 9.65. The molecule has 0 saturated carbocycles. The van der Waals surface area contributed by atoms with Gasteiger partial charge in [0.1, 0.15) is 6.61 Å². The SMILES string of the molecule is CC/C=C/C/C=C/C/C=C/C/C=C/C/C=C/C/C=C/C/C=C/CCCC(=O)OCC(COCCC(C(=O)O)[N+](C)(C)C)OC(=O)CCCCCCCCC/C=C/C/C=C/CCCCC. The zero-order chi connectivity index (χ0) is 47.0. The summed E-state index contributed by atoms with van der Waals surface area (Å²) in [6.07, 6.45) is 62.8. The largest absolute Gasteiger partial charge is 0.477 e. The fraction of sp³-hybridized carbons (Fsp3) is 0.625. The van der Waals surface area contributed by atoms with E-state index < -0.39 is 18.1 Å². The second kappa shape index (κ2) is 45.6. The number of rotatable bonds is 43. The van der Waals surface area contributed by atoms with E-state index in [1.807, 2.05) is 21.1 Å². The summed E-state index contributed by atoms with van der Waals surface area (Å²) in [5.74, 6) is -1.57. The van der Waals surface area contributed by atoms with Crippen LogP contribution in [-0.4, -0.2) is 80.6 Å². The molecular formula is C56H92NO7+. The Morgan fingerprint density at radius 1 is 0.484 bits per heavy atom. The topological polar surface area (TPSA) is 99.1 Å². The number of nitrogens with zero attached hydrogens (tertiary/aromatic N) is 1. The van der Waals surface area contributed by atoms with Crippen molar-refractivity contribution in [3.05, 3.63) is 109 Å². The molecule has 0 amide bonds. The minimum atomic E-state index is -0.888. The number of aliphatic carboxylic acids is 1. The Hall–Kier alpha value is -4.01. The molecule has 8 nitrogen and oxygen atoms in total. The monoisotopic (exact) mass is 891 g/mol. The first kappa shape index (κ1) is 60.0. The Bertz CT molecular complexity index is 1410. The van der Waals surface area contributed by atoms with Crippen LogP contribution >= 0.6 is 0 Å². The molecule has 2 unspecified atom stereocenters. The molecule has 0 spiro atoms. The van der Waals surface area contributed by atoms with Crippen molar-refractivity contribution >= 4 is 17.9 Å². The molecule has 1 N–H and O–H groups in total. The maximum Gasteiger partial charge on any atom is 0.362 e. The summed E-state index contributed by atoms with van der Waals surface area (Å²) in [4.78, 5) is 37.1. The van der Waals surface area contributed by atoms with Gasteiger partial charge in [0.05, 0.1) is 34.4 Å². The lowest BCUT2D eigenvalue weighted by Crippen LogP contribution is -2.50. The Morgan fingerprint density at radius 2 is 0.891 bits per heavy atom. The quantitative estimate of drug-likeness (QED) is 0.0282. The molecule has 0 fully saturated rings. The van der Waals surface area contributed by atoms with Gasteiger partial charge < -0.3 is 23.8 Å². The maximum absolute atomic E-state index is 12.8. The number of hydrogen-bond acceptors (Lipinski definition) is 6. The molecule has 0 heterocycles. The average molecular weight is 891 g/mol. The highest BCUT2D eigenvalue weighted by atomic mass is 16.6. The van der Waals surface area contributed by atoms with Crippen LogP contribution in [0, 0.1) is 0 Å². The summed E-state index contributed by atoms with van der Waals surface area (Å²) in [5.41, 5.74) is 0. The normalized spacial score (nSPS) is 13.8. The van der Waals surface area contributed by atoms with Crippen LogP contribution in [-0.2, 0) is 28.6 Å². The van der Waals surface area contributed by atoms with E-state index in [9.17, 15) is 19.5 Å². The van der Waals surface area contributed by atoms with E-state index >= 15 is 0 Å². The fourth-order valence-corrected chi connectivity index (χ4v) is 6.58. The molecular weight excluding hydrogens is 799 g/mol. The number of esters is 2. The molecule has 0 aromatic rings. The van der Waals surface area contributed by atoms with Crippen LogP contribution in [0.1, 0.15) is 174 Å². The van der Waals surface area contributed by atoms with E-state index in [4.69, 9.17) is 14.2 Å². The highest BCUT2D eigenvalue weighted by molar-refractivity contribution is 5.72. The van der Waals surface area contributed by atoms with E-state index in [0.29, 0.717) is 19.3 Å². The van der Waals surface area contributed by atoms with Crippen LogP contribution in [0.15, 0.2) is 109 Å². The van der Waals surface area contributed by atoms with Gasteiger partial charge >= 0.3 is 17.9 Å². The predicted molar refractivity (Wildman–Crippen MR) is 270 cm³/mol. The number of allylic oxidation sites excluding steroid dienone is 18. The van der Waals surface area contributed by atoms with Gasteiger partial charge in [-0.3, -0.25) is 9.59 Å². The summed E-state index contributed by atoms with van der Waals surface area (Å²) in [6.45, 7) is 4.51. The van der Waals surface area contributed by atoms with Gasteiger partial charge in [0, 0.05) is 19.3 Å². The third kappa shape index (κ3) is 43.3. The van der Waals surface area contributed by atoms with E-state index in [1.54, 1.807) is 0 Å². The van der Waals surface area contributed by atoms with Crippen LogP contribution in [0.4, 0.5) is 0 Å². The van der Waals surface area contributed by atoms with Gasteiger partial charge in [-0.15, -0.1) is 0 Å². The zero-order valence-electron chi connectivity index (χ0n) is 41.2. The molecule has 0 rings (SSSR count). The number of carboxylic acids is 1. The number of quaternary nitrogens is 1. The van der Waals surface area contributed by atoms with Gasteiger partial charge in [-0.05, 0) is 96.3 Å². The summed E-state index contributed by atoms with van der Waals surface area (Å²) < 4.78 is 17.3. The first-order valence-electron chi connectivity index (χ1n) is 24.9. The minimum absolute atomic E-state index is 0.0325. The van der Waals surface area contributed by atoms with E-state index in [-0.39, 0.29) is 42.7 Å². The van der Waals surface area contributed by atoms with Gasteiger partial charge in [-0.25, -0.2) is 4.79 Å². The summed E-state index contributed by atoms with van der Waals surface area (Å²) in [7, 11) is 5.50. The molecule has 0 aliphatic carbocycles. The van der Waals surface area contributed by atoms with Gasteiger partial charge in [0.2, 0.25) is 0 Å². The second-order valence-corrected chi connectivity index (χ2v) is 17.3.